The second kappa shape index (κ2) is 4.41. The van der Waals surface area contributed by atoms with Crippen molar-refractivity contribution < 1.29 is 9.53 Å². The Labute approximate surface area is 98.6 Å². The lowest BCUT2D eigenvalue weighted by Crippen LogP contribution is -2.17. The largest absolute Gasteiger partial charge is 0.464 e. The molecule has 1 N–H and O–H groups in total. The van der Waals surface area contributed by atoms with Crippen LogP contribution in [0.25, 0.3) is 12.2 Å². The number of nitrogens with one attached hydrogen (secondary N) is 1. The molecule has 0 saturated heterocycles. The van der Waals surface area contributed by atoms with Gasteiger partial charge in [0.2, 0.25) is 0 Å². The number of carbonyl (C=O) groups is 1. The summed E-state index contributed by atoms with van der Waals surface area (Å²) in [6, 6.07) is 1.63. The number of H-pyrrole nitrogens is 1. The molecule has 4 nitrogen and oxygen atoms in total. The van der Waals surface area contributed by atoms with Gasteiger partial charge in [0.25, 0.3) is 5.56 Å². The fourth-order valence-corrected chi connectivity index (χ4v) is 1.69. The van der Waals surface area contributed by atoms with E-state index in [0.29, 0.717) is 5.56 Å². The van der Waals surface area contributed by atoms with E-state index in [9.17, 15) is 9.59 Å². The van der Waals surface area contributed by atoms with E-state index in [2.05, 4.69) is 9.72 Å². The number of rotatable bonds is 1. The van der Waals surface area contributed by atoms with Gasteiger partial charge < -0.3 is 9.72 Å². The summed E-state index contributed by atoms with van der Waals surface area (Å²) in [7, 11) is 1.28. The number of hydrogen-bond acceptors (Lipinski definition) is 3. The zero-order valence-electron chi connectivity index (χ0n) is 9.69. The average molecular weight is 231 g/mol. The van der Waals surface area contributed by atoms with E-state index in [4.69, 9.17) is 0 Å². The highest BCUT2D eigenvalue weighted by Crippen LogP contribution is 2.17. The quantitative estimate of drug-likeness (QED) is 0.750. The Balaban J connectivity index is 2.60. The molecular weight excluding hydrogens is 218 g/mol. The molecule has 4 heteroatoms. The van der Waals surface area contributed by atoms with Crippen molar-refractivity contribution in [3.8, 4) is 0 Å². The predicted molar refractivity (Wildman–Crippen MR) is 65.6 cm³/mol. The molecule has 88 valence electrons. The highest BCUT2D eigenvalue weighted by molar-refractivity contribution is 5.88. The molecule has 0 saturated carbocycles. The Bertz CT molecular complexity index is 567. The second-order valence-electron chi connectivity index (χ2n) is 3.95. The van der Waals surface area contributed by atoms with Gasteiger partial charge in [0.05, 0.1) is 7.11 Å². The van der Waals surface area contributed by atoms with Gasteiger partial charge in [0.1, 0.15) is 5.69 Å². The van der Waals surface area contributed by atoms with Gasteiger partial charge in [0, 0.05) is 5.56 Å². The van der Waals surface area contributed by atoms with E-state index in [1.807, 2.05) is 25.2 Å². The van der Waals surface area contributed by atoms with Gasteiger partial charge in [-0.2, -0.15) is 0 Å². The molecule has 1 aliphatic carbocycles. The third-order valence-electron chi connectivity index (χ3n) is 2.65. The molecule has 0 spiro atoms. The maximum absolute atomic E-state index is 11.8. The van der Waals surface area contributed by atoms with Gasteiger partial charge in [-0.15, -0.1) is 0 Å². The number of allylic oxidation sites excluding steroid dienone is 2. The Hall–Kier alpha value is -2.10. The summed E-state index contributed by atoms with van der Waals surface area (Å²) in [6.45, 7) is 2.02. The summed E-state index contributed by atoms with van der Waals surface area (Å²) in [6.07, 6.45) is 7.54. The standard InChI is InChI=1S/C13H13NO3/c1-8-3-5-9-7-11(13(16)17-2)14-12(15)10(9)6-4-8/h3-8H,1-2H3,(H,14,15). The van der Waals surface area contributed by atoms with Crippen LogP contribution < -0.4 is 5.56 Å². The molecule has 0 bridgehead atoms. The van der Waals surface area contributed by atoms with Crippen molar-refractivity contribution in [2.24, 2.45) is 5.92 Å². The van der Waals surface area contributed by atoms with E-state index in [0.717, 1.165) is 5.56 Å². The fraction of sp³-hybridized carbons (Fsp3) is 0.231. The molecule has 1 unspecified atom stereocenters. The molecule has 17 heavy (non-hydrogen) atoms. The van der Waals surface area contributed by atoms with Crippen LogP contribution in [0.4, 0.5) is 0 Å². The highest BCUT2D eigenvalue weighted by atomic mass is 16.5. The molecule has 0 radical (unpaired) electrons. The van der Waals surface area contributed by atoms with Crippen LogP contribution >= 0.6 is 0 Å². The molecule has 0 amide bonds. The van der Waals surface area contributed by atoms with Gasteiger partial charge >= 0.3 is 5.97 Å². The molecule has 1 aromatic heterocycles. The van der Waals surface area contributed by atoms with Crippen LogP contribution in [0.3, 0.4) is 0 Å². The Morgan fingerprint density at radius 1 is 1.35 bits per heavy atom. The molecule has 1 heterocycles. The Morgan fingerprint density at radius 2 is 2.06 bits per heavy atom. The van der Waals surface area contributed by atoms with Gasteiger partial charge in [0.15, 0.2) is 0 Å². The first-order valence-electron chi connectivity index (χ1n) is 5.34. The van der Waals surface area contributed by atoms with Crippen molar-refractivity contribution in [1.29, 1.82) is 0 Å². The summed E-state index contributed by atoms with van der Waals surface area (Å²) < 4.78 is 4.58. The van der Waals surface area contributed by atoms with E-state index < -0.39 is 5.97 Å². The van der Waals surface area contributed by atoms with Crippen molar-refractivity contribution in [1.82, 2.24) is 4.98 Å². The first-order chi connectivity index (χ1) is 8.11. The molecule has 2 rings (SSSR count). The number of aromatic amines is 1. The summed E-state index contributed by atoms with van der Waals surface area (Å²) in [5, 5.41) is 0. The number of methoxy groups -OCH3 is 1. The molecule has 1 aromatic rings. The Morgan fingerprint density at radius 3 is 2.76 bits per heavy atom. The number of hydrogen-bond donors (Lipinski definition) is 1. The van der Waals surface area contributed by atoms with E-state index in [1.54, 1.807) is 12.1 Å². The van der Waals surface area contributed by atoms with Gasteiger partial charge in [-0.3, -0.25) is 4.79 Å². The zero-order chi connectivity index (χ0) is 12.4. The van der Waals surface area contributed by atoms with Crippen molar-refractivity contribution in [3.63, 3.8) is 0 Å². The number of aromatic nitrogens is 1. The smallest absolute Gasteiger partial charge is 0.354 e. The first kappa shape index (κ1) is 11.4. The average Bonchev–Trinajstić information content (AvgIpc) is 2.51. The predicted octanol–water partition coefficient (Wildman–Crippen LogP) is 1.84. The van der Waals surface area contributed by atoms with Gasteiger partial charge in [-0.05, 0) is 17.5 Å². The molecular formula is C13H13NO3. The van der Waals surface area contributed by atoms with Crippen molar-refractivity contribution in [2.45, 2.75) is 6.92 Å². The fourth-order valence-electron chi connectivity index (χ4n) is 1.69. The molecule has 1 atom stereocenters. The van der Waals surface area contributed by atoms with Gasteiger partial charge in [-0.25, -0.2) is 4.79 Å². The molecule has 0 aliphatic heterocycles. The lowest BCUT2D eigenvalue weighted by atomic mass is 10.1. The minimum absolute atomic E-state index is 0.170. The van der Waals surface area contributed by atoms with Crippen LogP contribution in [-0.2, 0) is 4.74 Å². The lowest BCUT2D eigenvalue weighted by molar-refractivity contribution is 0.0593. The number of esters is 1. The summed E-state index contributed by atoms with van der Waals surface area (Å²) >= 11 is 0. The zero-order valence-corrected chi connectivity index (χ0v) is 9.69. The van der Waals surface area contributed by atoms with Crippen molar-refractivity contribution in [3.05, 3.63) is 45.4 Å². The number of ether oxygens (including phenoxy) is 1. The summed E-state index contributed by atoms with van der Waals surface area (Å²) in [5.41, 5.74) is 1.19. The van der Waals surface area contributed by atoms with Crippen LogP contribution in [0.15, 0.2) is 23.0 Å². The number of carbonyl (C=O) groups excluding carboxylic acids is 1. The molecule has 1 aliphatic rings. The molecule has 0 aromatic carbocycles. The maximum atomic E-state index is 11.8. The highest BCUT2D eigenvalue weighted by Gasteiger charge is 2.12. The SMILES string of the molecule is COC(=O)c1cc2c(c(=O)[nH]1)C=CC(C)C=C2. The van der Waals surface area contributed by atoms with Crippen LogP contribution in [-0.4, -0.2) is 18.1 Å². The van der Waals surface area contributed by atoms with Crippen LogP contribution in [0, 0.1) is 5.92 Å². The minimum Gasteiger partial charge on any atom is -0.464 e. The second-order valence-corrected chi connectivity index (χ2v) is 3.95. The minimum atomic E-state index is -0.542. The van der Waals surface area contributed by atoms with E-state index >= 15 is 0 Å². The van der Waals surface area contributed by atoms with E-state index in [-0.39, 0.29) is 17.2 Å². The third-order valence-corrected chi connectivity index (χ3v) is 2.65. The summed E-state index contributed by atoms with van der Waals surface area (Å²) in [4.78, 5) is 25.7. The van der Waals surface area contributed by atoms with Crippen LogP contribution in [0.5, 0.6) is 0 Å². The first-order valence-corrected chi connectivity index (χ1v) is 5.34. The van der Waals surface area contributed by atoms with Crippen molar-refractivity contribution >= 4 is 18.1 Å². The summed E-state index contributed by atoms with van der Waals surface area (Å²) in [5.74, 6) is -0.275. The van der Waals surface area contributed by atoms with E-state index in [1.165, 1.54) is 7.11 Å². The third kappa shape index (κ3) is 2.20. The normalized spacial score (nSPS) is 17.4. The topological polar surface area (TPSA) is 59.2 Å². The monoisotopic (exact) mass is 231 g/mol. The lowest BCUT2D eigenvalue weighted by Gasteiger charge is -2.03. The van der Waals surface area contributed by atoms with Gasteiger partial charge in [-0.1, -0.05) is 31.2 Å². The molecule has 0 fully saturated rings. The maximum Gasteiger partial charge on any atom is 0.354 e. The van der Waals surface area contributed by atoms with Crippen LogP contribution in [0.1, 0.15) is 28.5 Å². The number of pyridine rings is 1. The van der Waals surface area contributed by atoms with Crippen LogP contribution in [0.2, 0.25) is 0 Å². The number of fused-ring (bicyclic) bond motifs is 1. The van der Waals surface area contributed by atoms with Crippen molar-refractivity contribution in [2.75, 3.05) is 7.11 Å². The Kier molecular flexibility index (Phi) is 2.95.